The first-order valence-electron chi connectivity index (χ1n) is 17.1. The molecular formula is C36H72Ag2N2P4+4. The molecule has 0 spiro atoms. The van der Waals surface area contributed by atoms with Crippen LogP contribution in [0.2, 0.25) is 0 Å². The average Bonchev–Trinajstić information content (AvgIpc) is 3.50. The van der Waals surface area contributed by atoms with Crippen LogP contribution in [0.15, 0.2) is 24.3 Å². The Morgan fingerprint density at radius 3 is 0.591 bits per heavy atom. The molecule has 0 saturated heterocycles. The molecule has 0 amide bonds. The van der Waals surface area contributed by atoms with Gasteiger partial charge in [-0.15, -0.1) is 22.8 Å². The molecule has 2 nitrogen and oxygen atoms in total. The third-order valence-electron chi connectivity index (χ3n) is 8.98. The van der Waals surface area contributed by atoms with Crippen molar-refractivity contribution < 1.29 is 44.8 Å². The molecule has 0 radical (unpaired) electrons. The summed E-state index contributed by atoms with van der Waals surface area (Å²) in [6.07, 6.45) is 4.97. The topological polar surface area (TPSA) is 28.2 Å². The van der Waals surface area contributed by atoms with Crippen molar-refractivity contribution in [1.29, 1.82) is 0 Å². The Balaban J connectivity index is 0. The first-order chi connectivity index (χ1) is 19.4. The van der Waals surface area contributed by atoms with E-state index in [1.807, 2.05) is 0 Å². The predicted molar refractivity (Wildman–Crippen MR) is 209 cm³/mol. The fraction of sp³-hybridized carbons (Fsp3) is 0.778. The molecule has 0 saturated carbocycles. The average molecular weight is 873 g/mol. The molecule has 2 aromatic rings. The van der Waals surface area contributed by atoms with Crippen molar-refractivity contribution in [2.45, 2.75) is 181 Å². The van der Waals surface area contributed by atoms with Gasteiger partial charge in [0, 0.05) is 31.7 Å². The Morgan fingerprint density at radius 1 is 0.341 bits per heavy atom. The Labute approximate surface area is 311 Å². The van der Waals surface area contributed by atoms with Gasteiger partial charge in [0.2, 0.25) is 0 Å². The Bertz CT molecular complexity index is 799. The van der Waals surface area contributed by atoms with Gasteiger partial charge in [0.1, 0.15) is 0 Å². The molecular weight excluding hydrogens is 800 g/mol. The summed E-state index contributed by atoms with van der Waals surface area (Å²) < 4.78 is 0. The van der Waals surface area contributed by atoms with Crippen molar-refractivity contribution in [3.05, 3.63) is 47.0 Å². The van der Waals surface area contributed by atoms with E-state index in [9.17, 15) is 0 Å². The quantitative estimate of drug-likeness (QED) is 0.124. The van der Waals surface area contributed by atoms with Crippen LogP contribution < -0.4 is 9.97 Å². The molecule has 264 valence electrons. The maximum Gasteiger partial charge on any atom is 1.00 e. The van der Waals surface area contributed by atoms with Crippen molar-refractivity contribution in [2.75, 3.05) is 0 Å². The second kappa shape index (κ2) is 24.0. The molecule has 0 aliphatic carbocycles. The minimum atomic E-state index is -0.332. The second-order valence-electron chi connectivity index (χ2n) is 15.1. The number of hydrogen-bond acceptors (Lipinski definition) is 0. The molecule has 0 fully saturated rings. The zero-order valence-electron chi connectivity index (χ0n) is 31.3. The number of aromatic nitrogens is 2. The molecule has 0 bridgehead atoms. The van der Waals surface area contributed by atoms with E-state index < -0.39 is 0 Å². The Kier molecular flexibility index (Phi) is 26.1. The predicted octanol–water partition coefficient (Wildman–Crippen LogP) is 11.4. The fourth-order valence-corrected chi connectivity index (χ4v) is 17.5. The molecule has 2 aromatic heterocycles. The van der Waals surface area contributed by atoms with Crippen molar-refractivity contribution >= 4 is 31.7 Å². The summed E-state index contributed by atoms with van der Waals surface area (Å²) in [6, 6.07) is 9.19. The van der Waals surface area contributed by atoms with Gasteiger partial charge in [0.25, 0.3) is 0 Å². The van der Waals surface area contributed by atoms with E-state index >= 15 is 0 Å². The van der Waals surface area contributed by atoms with E-state index in [0.717, 1.165) is 45.3 Å². The Hall–Kier alpha value is 1.76. The second-order valence-corrected chi connectivity index (χ2v) is 30.4. The van der Waals surface area contributed by atoms with Gasteiger partial charge in [-0.1, -0.05) is 24.3 Å². The van der Waals surface area contributed by atoms with Crippen LogP contribution >= 0.6 is 31.7 Å². The third kappa shape index (κ3) is 17.4. The summed E-state index contributed by atoms with van der Waals surface area (Å²) in [7, 11) is -1.33. The molecule has 44 heavy (non-hydrogen) atoms. The van der Waals surface area contributed by atoms with Gasteiger partial charge in [-0.25, -0.2) is 0 Å². The summed E-state index contributed by atoms with van der Waals surface area (Å²) in [5.74, 6) is 0. The maximum atomic E-state index is 4.97. The van der Waals surface area contributed by atoms with Gasteiger partial charge in [-0.05, 0) is 111 Å². The first kappa shape index (κ1) is 47.9. The normalized spacial score (nSPS) is 12.3. The molecule has 0 aliphatic heterocycles. The third-order valence-corrected chi connectivity index (χ3v) is 23.9. The van der Waals surface area contributed by atoms with Gasteiger partial charge < -0.3 is 9.97 Å². The van der Waals surface area contributed by atoms with Gasteiger partial charge in [0.15, 0.2) is 0 Å². The summed E-state index contributed by atoms with van der Waals surface area (Å²) in [6.45, 7) is 38.2. The van der Waals surface area contributed by atoms with Crippen molar-refractivity contribution in [2.24, 2.45) is 0 Å². The van der Waals surface area contributed by atoms with Crippen LogP contribution in [0.3, 0.4) is 0 Å². The molecule has 0 atom stereocenters. The van der Waals surface area contributed by atoms with E-state index in [0.29, 0.717) is 0 Å². The minimum absolute atomic E-state index is 0. The molecule has 2 rings (SSSR count). The summed E-state index contributed by atoms with van der Waals surface area (Å²) in [5, 5.41) is 0. The van der Waals surface area contributed by atoms with Crippen molar-refractivity contribution in [3.63, 3.8) is 0 Å². The fourth-order valence-electron chi connectivity index (χ4n) is 6.43. The standard InChI is InChI=1S/2C18H34NP2.2Ag/c2*1-13(2)20(14(3)4)11-17-9-10-18(19-17)12-21(15(5)6)16(7)8;;/h2*9-10,13-16H,11-12H2,1-8H3;;/q2*-1;2*+1/p+4. The first-order valence-corrected chi connectivity index (χ1v) is 24.5. The minimum Gasteiger partial charge on any atom is -0.659 e. The monoisotopic (exact) mass is 870 g/mol. The molecule has 0 aromatic carbocycles. The largest absolute Gasteiger partial charge is 1.00 e. The van der Waals surface area contributed by atoms with Crippen LogP contribution in [0, 0.1) is 0 Å². The summed E-state index contributed by atoms with van der Waals surface area (Å²) >= 11 is 0. The van der Waals surface area contributed by atoms with E-state index in [4.69, 9.17) is 9.97 Å². The van der Waals surface area contributed by atoms with E-state index in [1.165, 1.54) is 47.4 Å². The molecule has 0 N–H and O–H groups in total. The molecule has 2 heterocycles. The molecule has 0 unspecified atom stereocenters. The van der Waals surface area contributed by atoms with E-state index in [1.54, 1.807) is 0 Å². The van der Waals surface area contributed by atoms with Crippen molar-refractivity contribution in [3.8, 4) is 0 Å². The number of nitrogens with zero attached hydrogens (tertiary/aromatic N) is 2. The van der Waals surface area contributed by atoms with Gasteiger partial charge in [-0.2, -0.15) is 0 Å². The van der Waals surface area contributed by atoms with Crippen LogP contribution in [0.5, 0.6) is 0 Å². The maximum absolute atomic E-state index is 4.97. The zero-order valence-corrected chi connectivity index (χ0v) is 38.2. The summed E-state index contributed by atoms with van der Waals surface area (Å²) in [5.41, 5.74) is 12.1. The van der Waals surface area contributed by atoms with Crippen LogP contribution in [0.1, 0.15) is 134 Å². The van der Waals surface area contributed by atoms with Crippen molar-refractivity contribution in [1.82, 2.24) is 9.97 Å². The molecule has 8 heteroatoms. The Morgan fingerprint density at radius 2 is 0.477 bits per heavy atom. The van der Waals surface area contributed by atoms with E-state index in [-0.39, 0.29) is 76.4 Å². The van der Waals surface area contributed by atoms with E-state index in [2.05, 4.69) is 135 Å². The van der Waals surface area contributed by atoms with Crippen LogP contribution in [-0.2, 0) is 69.4 Å². The van der Waals surface area contributed by atoms with Crippen LogP contribution in [-0.4, -0.2) is 45.3 Å². The van der Waals surface area contributed by atoms with Gasteiger partial charge in [-0.3, -0.25) is 0 Å². The number of hydrogen-bond donors (Lipinski definition) is 0. The van der Waals surface area contributed by atoms with Crippen LogP contribution in [0.4, 0.5) is 0 Å². The number of rotatable bonds is 16. The van der Waals surface area contributed by atoms with Gasteiger partial charge >= 0.3 is 44.8 Å². The van der Waals surface area contributed by atoms with Crippen LogP contribution in [0.25, 0.3) is 0 Å². The zero-order chi connectivity index (χ0) is 32.3. The van der Waals surface area contributed by atoms with Gasteiger partial charge in [0.05, 0.1) is 69.9 Å². The molecule has 0 aliphatic rings. The smallest absolute Gasteiger partial charge is 0.659 e. The summed E-state index contributed by atoms with van der Waals surface area (Å²) in [4.78, 5) is 9.94. The SMILES string of the molecule is CC(C)[PH+](Cc1ccc(C[PH+](C(C)C)C(C)C)[n-]1)C(C)C.CC(C)[PH+](Cc1ccc(C[PH+](C(C)C)C(C)C)[n-]1)C(C)C.[Ag+].[Ag+].